The molecule has 1 aliphatic rings. The zero-order valence-electron chi connectivity index (χ0n) is 18.4. The van der Waals surface area contributed by atoms with Crippen LogP contribution in [-0.4, -0.2) is 57.8 Å². The van der Waals surface area contributed by atoms with Gasteiger partial charge in [0.1, 0.15) is 5.75 Å². The van der Waals surface area contributed by atoms with Crippen LogP contribution in [0.3, 0.4) is 0 Å². The Labute approximate surface area is 184 Å². The molecule has 0 unspecified atom stereocenters. The normalized spacial score (nSPS) is 16.8. The maximum atomic E-state index is 12.2. The van der Waals surface area contributed by atoms with E-state index in [4.69, 9.17) is 14.2 Å². The van der Waals surface area contributed by atoms with Crippen molar-refractivity contribution in [2.24, 2.45) is 5.92 Å². The monoisotopic (exact) mass is 424 g/mol. The highest BCUT2D eigenvalue weighted by atomic mass is 16.5. The van der Waals surface area contributed by atoms with E-state index in [0.717, 1.165) is 43.8 Å². The molecule has 166 valence electrons. The summed E-state index contributed by atoms with van der Waals surface area (Å²) < 4.78 is 16.2. The van der Waals surface area contributed by atoms with Gasteiger partial charge in [0.15, 0.2) is 18.1 Å². The highest BCUT2D eigenvalue weighted by Gasteiger charge is 2.19. The van der Waals surface area contributed by atoms with Gasteiger partial charge in [0.05, 0.1) is 14.2 Å². The molecule has 1 saturated heterocycles. The summed E-state index contributed by atoms with van der Waals surface area (Å²) in [4.78, 5) is 14.6. The number of hydrogen-bond donors (Lipinski definition) is 1. The first-order chi connectivity index (χ1) is 15.2. The van der Waals surface area contributed by atoms with Crippen LogP contribution in [-0.2, 0) is 4.79 Å². The van der Waals surface area contributed by atoms with Gasteiger partial charge in [0, 0.05) is 25.2 Å². The zero-order chi connectivity index (χ0) is 21.9. The van der Waals surface area contributed by atoms with Gasteiger partial charge in [0.2, 0.25) is 0 Å². The molecule has 6 nitrogen and oxygen atoms in total. The van der Waals surface area contributed by atoms with Gasteiger partial charge >= 0.3 is 0 Å². The van der Waals surface area contributed by atoms with E-state index in [2.05, 4.69) is 28.4 Å². The molecule has 0 bridgehead atoms. The predicted octanol–water partition coefficient (Wildman–Crippen LogP) is 3.62. The number of amides is 1. The van der Waals surface area contributed by atoms with Crippen molar-refractivity contribution < 1.29 is 19.0 Å². The SMILES string of the molecule is COc1ccccc1/C=C/CN1CCC[C@H](CNC(=O)COc2ccccc2OC)C1. The van der Waals surface area contributed by atoms with Crippen molar-refractivity contribution in [2.45, 2.75) is 12.8 Å². The van der Waals surface area contributed by atoms with Crippen LogP contribution in [0.5, 0.6) is 17.2 Å². The number of carbonyl (C=O) groups excluding carboxylic acids is 1. The summed E-state index contributed by atoms with van der Waals surface area (Å²) in [6, 6.07) is 15.3. The fourth-order valence-corrected chi connectivity index (χ4v) is 3.81. The van der Waals surface area contributed by atoms with Crippen LogP contribution in [0, 0.1) is 5.92 Å². The van der Waals surface area contributed by atoms with Gasteiger partial charge in [-0.2, -0.15) is 0 Å². The smallest absolute Gasteiger partial charge is 0.257 e. The molecule has 2 aromatic carbocycles. The first-order valence-electron chi connectivity index (χ1n) is 10.7. The lowest BCUT2D eigenvalue weighted by molar-refractivity contribution is -0.123. The maximum Gasteiger partial charge on any atom is 0.257 e. The van der Waals surface area contributed by atoms with Gasteiger partial charge < -0.3 is 19.5 Å². The number of ether oxygens (including phenoxy) is 3. The van der Waals surface area contributed by atoms with E-state index >= 15 is 0 Å². The molecule has 0 saturated carbocycles. The Balaban J connectivity index is 1.40. The average molecular weight is 425 g/mol. The Morgan fingerprint density at radius 3 is 2.55 bits per heavy atom. The molecule has 1 amide bonds. The summed E-state index contributed by atoms with van der Waals surface area (Å²) in [5.74, 6) is 2.42. The van der Waals surface area contributed by atoms with E-state index in [1.54, 1.807) is 20.3 Å². The van der Waals surface area contributed by atoms with E-state index in [1.807, 2.05) is 36.4 Å². The molecule has 0 spiro atoms. The van der Waals surface area contributed by atoms with Crippen molar-refractivity contribution in [1.82, 2.24) is 10.2 Å². The predicted molar refractivity (Wildman–Crippen MR) is 123 cm³/mol. The van der Waals surface area contributed by atoms with Gasteiger partial charge in [-0.1, -0.05) is 42.5 Å². The molecular weight excluding hydrogens is 392 g/mol. The fraction of sp³-hybridized carbons (Fsp3) is 0.400. The first kappa shape index (κ1) is 22.7. The Morgan fingerprint density at radius 2 is 1.77 bits per heavy atom. The third-order valence-electron chi connectivity index (χ3n) is 5.42. The second-order valence-corrected chi connectivity index (χ2v) is 7.66. The number of carbonyl (C=O) groups is 1. The van der Waals surface area contributed by atoms with Crippen molar-refractivity contribution in [3.8, 4) is 17.2 Å². The lowest BCUT2D eigenvalue weighted by Gasteiger charge is -2.32. The van der Waals surface area contributed by atoms with Crippen LogP contribution in [0.25, 0.3) is 6.08 Å². The van der Waals surface area contributed by atoms with Crippen LogP contribution >= 0.6 is 0 Å². The molecule has 1 atom stereocenters. The van der Waals surface area contributed by atoms with Crippen molar-refractivity contribution in [1.29, 1.82) is 0 Å². The van der Waals surface area contributed by atoms with E-state index in [9.17, 15) is 4.79 Å². The topological polar surface area (TPSA) is 60.0 Å². The van der Waals surface area contributed by atoms with E-state index in [1.165, 1.54) is 0 Å². The Hall–Kier alpha value is -2.99. The van der Waals surface area contributed by atoms with Gasteiger partial charge in [-0.25, -0.2) is 0 Å². The number of likely N-dealkylation sites (tertiary alicyclic amines) is 1. The third-order valence-corrected chi connectivity index (χ3v) is 5.42. The minimum absolute atomic E-state index is 0.0154. The van der Waals surface area contributed by atoms with Crippen molar-refractivity contribution >= 4 is 12.0 Å². The largest absolute Gasteiger partial charge is 0.496 e. The molecule has 0 radical (unpaired) electrons. The van der Waals surface area contributed by atoms with E-state index in [-0.39, 0.29) is 12.5 Å². The minimum atomic E-state index is -0.112. The molecular formula is C25H32N2O4. The quantitative estimate of drug-likeness (QED) is 0.631. The molecule has 1 heterocycles. The molecule has 0 aliphatic carbocycles. The van der Waals surface area contributed by atoms with Gasteiger partial charge in [-0.05, 0) is 43.5 Å². The van der Waals surface area contributed by atoms with Gasteiger partial charge in [0.25, 0.3) is 5.91 Å². The first-order valence-corrected chi connectivity index (χ1v) is 10.7. The summed E-state index contributed by atoms with van der Waals surface area (Å²) >= 11 is 0. The molecule has 0 aromatic heterocycles. The Morgan fingerprint density at radius 1 is 1.06 bits per heavy atom. The lowest BCUT2D eigenvalue weighted by Crippen LogP contribution is -2.41. The summed E-state index contributed by atoms with van der Waals surface area (Å²) in [7, 11) is 3.28. The van der Waals surface area contributed by atoms with Gasteiger partial charge in [-0.15, -0.1) is 0 Å². The number of para-hydroxylation sites is 3. The maximum absolute atomic E-state index is 12.2. The number of nitrogens with one attached hydrogen (secondary N) is 1. The number of methoxy groups -OCH3 is 2. The molecule has 2 aromatic rings. The summed E-state index contributed by atoms with van der Waals surface area (Å²) in [6.45, 7) is 3.60. The number of piperidine rings is 1. The number of nitrogens with zero attached hydrogens (tertiary/aromatic N) is 1. The Bertz CT molecular complexity index is 868. The van der Waals surface area contributed by atoms with Crippen molar-refractivity contribution in [3.05, 3.63) is 60.2 Å². The lowest BCUT2D eigenvalue weighted by atomic mass is 9.98. The van der Waals surface area contributed by atoms with Crippen molar-refractivity contribution in [3.63, 3.8) is 0 Å². The van der Waals surface area contributed by atoms with E-state index < -0.39 is 0 Å². The molecule has 6 heteroatoms. The Kier molecular flexibility index (Phi) is 8.79. The second-order valence-electron chi connectivity index (χ2n) is 7.66. The minimum Gasteiger partial charge on any atom is -0.496 e. The van der Waals surface area contributed by atoms with Crippen LogP contribution in [0.4, 0.5) is 0 Å². The number of benzene rings is 2. The third kappa shape index (κ3) is 7.03. The molecule has 31 heavy (non-hydrogen) atoms. The molecule has 1 fully saturated rings. The molecule has 1 N–H and O–H groups in total. The van der Waals surface area contributed by atoms with Crippen LogP contribution in [0.2, 0.25) is 0 Å². The molecule has 1 aliphatic heterocycles. The van der Waals surface area contributed by atoms with Crippen LogP contribution in [0.1, 0.15) is 18.4 Å². The standard InChI is InChI=1S/C25H32N2O4/c1-29-22-12-4-3-10-21(22)11-8-16-27-15-7-9-20(18-27)17-26-25(28)19-31-24-14-6-5-13-23(24)30-2/h3-6,8,10-14,20H,7,9,15-19H2,1-2H3,(H,26,28)/b11-8+/t20-/m1/s1. The second kappa shape index (κ2) is 12.0. The number of hydrogen-bond acceptors (Lipinski definition) is 5. The van der Waals surface area contributed by atoms with Gasteiger partial charge in [-0.3, -0.25) is 9.69 Å². The fourth-order valence-electron chi connectivity index (χ4n) is 3.81. The highest BCUT2D eigenvalue weighted by Crippen LogP contribution is 2.25. The van der Waals surface area contributed by atoms with Crippen molar-refractivity contribution in [2.75, 3.05) is 47.0 Å². The van der Waals surface area contributed by atoms with E-state index in [0.29, 0.717) is 24.0 Å². The zero-order valence-corrected chi connectivity index (χ0v) is 18.4. The number of rotatable bonds is 10. The highest BCUT2D eigenvalue weighted by molar-refractivity contribution is 5.77. The average Bonchev–Trinajstić information content (AvgIpc) is 2.82. The summed E-state index contributed by atoms with van der Waals surface area (Å²) in [5, 5.41) is 3.01. The summed E-state index contributed by atoms with van der Waals surface area (Å²) in [6.07, 6.45) is 6.56. The molecule has 3 rings (SSSR count). The van der Waals surface area contributed by atoms with Crippen LogP contribution < -0.4 is 19.5 Å². The summed E-state index contributed by atoms with van der Waals surface area (Å²) in [5.41, 5.74) is 1.08. The van der Waals surface area contributed by atoms with Crippen LogP contribution in [0.15, 0.2) is 54.6 Å².